The highest BCUT2D eigenvalue weighted by Crippen LogP contribution is 2.39. The normalized spacial score (nSPS) is 24.8. The maximum atomic E-state index is 14.7. The number of nitrogens with zero attached hydrogens (tertiary/aromatic N) is 1. The van der Waals surface area contributed by atoms with E-state index >= 15 is 0 Å². The van der Waals surface area contributed by atoms with Gasteiger partial charge in [-0.3, -0.25) is 24.0 Å². The van der Waals surface area contributed by atoms with Crippen molar-refractivity contribution in [3.05, 3.63) is 75.1 Å². The Morgan fingerprint density at radius 2 is 1.73 bits per heavy atom. The molecule has 2 aliphatic heterocycles. The molecule has 0 spiro atoms. The van der Waals surface area contributed by atoms with Crippen molar-refractivity contribution in [3.63, 3.8) is 0 Å². The summed E-state index contributed by atoms with van der Waals surface area (Å²) in [6.07, 6.45) is 1.87. The number of ether oxygens (including phenoxy) is 1. The van der Waals surface area contributed by atoms with Crippen LogP contribution in [0.1, 0.15) is 59.1 Å². The van der Waals surface area contributed by atoms with Crippen molar-refractivity contribution < 1.29 is 53.6 Å². The number of nitrogens with one attached hydrogen (secondary N) is 5. The summed E-state index contributed by atoms with van der Waals surface area (Å²) in [5.74, 6) is -8.02. The van der Waals surface area contributed by atoms with Crippen LogP contribution < -0.4 is 31.3 Å². The summed E-state index contributed by atoms with van der Waals surface area (Å²) < 4.78 is 6.41. The summed E-state index contributed by atoms with van der Waals surface area (Å²) in [5.41, 5.74) is -2.42. The maximum absolute atomic E-state index is 14.7. The van der Waals surface area contributed by atoms with E-state index in [1.54, 1.807) is 13.8 Å². The third-order valence-corrected chi connectivity index (χ3v) is 9.97. The summed E-state index contributed by atoms with van der Waals surface area (Å²) in [7, 11) is 1.42. The number of aliphatic carboxylic acids is 2. The number of aliphatic hydroxyl groups is 1. The first-order chi connectivity index (χ1) is 25.7. The van der Waals surface area contributed by atoms with Gasteiger partial charge in [0.05, 0.1) is 11.1 Å². The van der Waals surface area contributed by atoms with Crippen molar-refractivity contribution in [1.82, 2.24) is 31.5 Å². The number of carboxylic acids is 2. The molecular weight excluding hydrogens is 763 g/mol. The van der Waals surface area contributed by atoms with Crippen LogP contribution in [0.15, 0.2) is 59.5 Å². The average molecular weight is 808 g/mol. The third-order valence-electron chi connectivity index (χ3n) is 9.19. The van der Waals surface area contributed by atoms with Crippen LogP contribution >= 0.6 is 23.2 Å². The van der Waals surface area contributed by atoms with E-state index < -0.39 is 83.0 Å². The first-order valence-corrected chi connectivity index (χ1v) is 17.7. The monoisotopic (exact) mass is 806 g/mol. The number of carbonyl (C=O) groups is 7. The van der Waals surface area contributed by atoms with Crippen molar-refractivity contribution >= 4 is 64.7 Å². The largest absolute Gasteiger partial charge is 0.483 e. The predicted octanol–water partition coefficient (Wildman–Crippen LogP) is 1.46. The van der Waals surface area contributed by atoms with Crippen LogP contribution in [-0.2, 0) is 33.6 Å². The van der Waals surface area contributed by atoms with E-state index in [2.05, 4.69) is 27.8 Å². The van der Waals surface area contributed by atoms with Crippen molar-refractivity contribution in [1.29, 1.82) is 0 Å². The predicted molar refractivity (Wildman–Crippen MR) is 200 cm³/mol. The number of aliphatic hydroxyl groups excluding tert-OH is 1. The number of halogens is 2. The van der Waals surface area contributed by atoms with Gasteiger partial charge in [0.1, 0.15) is 58.0 Å². The van der Waals surface area contributed by atoms with Crippen molar-refractivity contribution in [2.75, 3.05) is 13.6 Å². The lowest BCUT2D eigenvalue weighted by molar-refractivity contribution is -0.146. The molecule has 0 saturated carbocycles. The smallest absolute Gasteiger partial charge is 0.352 e. The van der Waals surface area contributed by atoms with Gasteiger partial charge in [0.25, 0.3) is 17.7 Å². The van der Waals surface area contributed by atoms with Crippen LogP contribution in [-0.4, -0.2) is 105 Å². The molecule has 2 bridgehead atoms. The topological polar surface area (TPSA) is 253 Å². The van der Waals surface area contributed by atoms with E-state index in [9.17, 15) is 43.8 Å². The van der Waals surface area contributed by atoms with Gasteiger partial charge in [-0.2, -0.15) is 0 Å². The minimum absolute atomic E-state index is 0.0321. The summed E-state index contributed by atoms with van der Waals surface area (Å²) in [5, 5.41) is 41.9. The van der Waals surface area contributed by atoms with Crippen LogP contribution in [0.2, 0.25) is 10.0 Å². The Morgan fingerprint density at radius 3 is 2.27 bits per heavy atom. The molecule has 0 radical (unpaired) electrons. The van der Waals surface area contributed by atoms with E-state index in [0.29, 0.717) is 0 Å². The number of carboxylic acid groups (broad SMARTS) is 2. The van der Waals surface area contributed by atoms with Gasteiger partial charge in [0.15, 0.2) is 0 Å². The van der Waals surface area contributed by atoms with E-state index in [4.69, 9.17) is 33.0 Å². The molecule has 3 rings (SSSR count). The molecule has 0 aromatic heterocycles. The Labute approximate surface area is 326 Å². The minimum Gasteiger partial charge on any atom is -0.483 e. The fourth-order valence-electron chi connectivity index (χ4n) is 5.72. The second kappa shape index (κ2) is 18.4. The zero-order valence-electron chi connectivity index (χ0n) is 30.9. The van der Waals surface area contributed by atoms with Gasteiger partial charge in [-0.05, 0) is 69.5 Å². The molecule has 5 amide bonds. The second-order valence-electron chi connectivity index (χ2n) is 13.0. The molecule has 2 heterocycles. The van der Waals surface area contributed by atoms with Crippen molar-refractivity contribution in [3.8, 4) is 5.75 Å². The molecule has 55 heavy (non-hydrogen) atoms. The van der Waals surface area contributed by atoms with E-state index in [1.165, 1.54) is 52.1 Å². The van der Waals surface area contributed by atoms with Crippen molar-refractivity contribution in [2.45, 2.75) is 83.3 Å². The van der Waals surface area contributed by atoms with Crippen molar-refractivity contribution in [2.24, 2.45) is 0 Å². The molecule has 0 saturated heterocycles. The second-order valence-corrected chi connectivity index (χ2v) is 13.8. The SMILES string of the molecule is C=C(C)C1NC(=O)[C@@H](NC)[C@@H](O)c2cc(Cl)c(Cl)c(c2)O[C@](C)(CC)[C@H](C(=O)N2CC=C[C@H]2C(=O)N/C(C(=O)N/C(=C/C(=O)O)C(=O)O)=C(/C)CC)NC1=O. The van der Waals surface area contributed by atoms with Gasteiger partial charge in [-0.1, -0.05) is 55.8 Å². The number of carbonyl (C=O) groups excluding carboxylic acids is 5. The molecule has 298 valence electrons. The van der Waals surface area contributed by atoms with E-state index in [-0.39, 0.29) is 63.7 Å². The fraction of sp³-hybridized carbons (Fsp3) is 0.417. The number of hydrogen-bond donors (Lipinski definition) is 8. The zero-order chi connectivity index (χ0) is 41.5. The lowest BCUT2D eigenvalue weighted by atomic mass is 9.90. The molecule has 17 nitrogen and oxygen atoms in total. The van der Waals surface area contributed by atoms with Crippen LogP contribution in [0.25, 0.3) is 0 Å². The molecular formula is C36H44Cl2N6O11. The van der Waals surface area contributed by atoms with Crippen LogP contribution in [0.5, 0.6) is 5.75 Å². The Bertz CT molecular complexity index is 1880. The van der Waals surface area contributed by atoms with Gasteiger partial charge >= 0.3 is 11.9 Å². The van der Waals surface area contributed by atoms with Gasteiger partial charge < -0.3 is 51.5 Å². The number of hydrogen-bond acceptors (Lipinski definition) is 10. The van der Waals surface area contributed by atoms with Gasteiger partial charge in [0.2, 0.25) is 11.8 Å². The van der Waals surface area contributed by atoms with Gasteiger partial charge in [-0.15, -0.1) is 0 Å². The molecule has 19 heteroatoms. The Kier molecular flexibility index (Phi) is 14.8. The molecule has 1 aromatic rings. The Balaban J connectivity index is 2.11. The summed E-state index contributed by atoms with van der Waals surface area (Å²) in [6, 6.07) is -3.00. The molecule has 1 unspecified atom stereocenters. The Hall–Kier alpha value is -5.23. The van der Waals surface area contributed by atoms with Gasteiger partial charge in [0, 0.05) is 6.54 Å². The molecule has 6 atom stereocenters. The number of amides is 5. The Morgan fingerprint density at radius 1 is 1.07 bits per heavy atom. The number of likely N-dealkylation sites (N-methyl/N-ethyl adjacent to an activating group) is 1. The highest BCUT2D eigenvalue weighted by molar-refractivity contribution is 6.43. The highest BCUT2D eigenvalue weighted by atomic mass is 35.5. The van der Waals surface area contributed by atoms with Crippen LogP contribution in [0.4, 0.5) is 0 Å². The first-order valence-electron chi connectivity index (χ1n) is 17.0. The van der Waals surface area contributed by atoms with Crippen LogP contribution in [0, 0.1) is 0 Å². The standard InChI is InChI=1S/C36H44Cl2N6O11/c1-8-17(5)26(32(50)40-20(35(53)54)15-23(45)46)42-30(48)21-11-10-12-44(21)34(52)29-36(6,9-2)55-22-14-18(13-19(37)24(22)38)28(47)27(39-7)33(51)41-25(16(3)4)31(49)43-29/h10-11,13-15,21,25,27-29,39,47H,3,8-9,12H2,1-2,4-7H3,(H,40,50)(H,41,51)(H,42,48)(H,43,49)(H,45,46)(H,53,54)/b20-15+,26-17-/t21-,25?,27-,28-,29-,36+/m0/s1. The molecule has 0 fully saturated rings. The molecule has 8 N–H and O–H groups in total. The molecule has 1 aromatic carbocycles. The lowest BCUT2D eigenvalue weighted by Gasteiger charge is -2.40. The lowest BCUT2D eigenvalue weighted by Crippen LogP contribution is -2.65. The first kappa shape index (κ1) is 44.2. The maximum Gasteiger partial charge on any atom is 0.352 e. The third kappa shape index (κ3) is 10.1. The number of benzene rings is 1. The fourth-order valence-corrected chi connectivity index (χ4v) is 6.09. The summed E-state index contributed by atoms with van der Waals surface area (Å²) in [4.78, 5) is 93.0. The summed E-state index contributed by atoms with van der Waals surface area (Å²) >= 11 is 13.0. The quantitative estimate of drug-likeness (QED) is 0.117. The summed E-state index contributed by atoms with van der Waals surface area (Å²) in [6.45, 7) is 11.5. The van der Waals surface area contributed by atoms with Gasteiger partial charge in [-0.25, -0.2) is 9.59 Å². The van der Waals surface area contributed by atoms with E-state index in [0.717, 1.165) is 4.90 Å². The van der Waals surface area contributed by atoms with E-state index in [1.807, 2.05) is 5.32 Å². The molecule has 2 aliphatic rings. The number of allylic oxidation sites excluding steroid dienone is 1. The average Bonchev–Trinajstić information content (AvgIpc) is 3.62. The highest BCUT2D eigenvalue weighted by Gasteiger charge is 2.47. The minimum atomic E-state index is -1.75. The zero-order valence-corrected chi connectivity index (χ0v) is 32.4. The number of fused-ring (bicyclic) bond motifs is 2. The van der Waals surface area contributed by atoms with Crippen LogP contribution in [0.3, 0.4) is 0 Å². The number of rotatable bonds is 11. The molecule has 0 aliphatic carbocycles.